The van der Waals surface area contributed by atoms with Crippen LogP contribution in [0.5, 0.6) is 0 Å². The molecule has 1 aliphatic rings. The zero-order valence-electron chi connectivity index (χ0n) is 14.3. The van der Waals surface area contributed by atoms with Crippen molar-refractivity contribution in [1.29, 1.82) is 0 Å². The van der Waals surface area contributed by atoms with Crippen LogP contribution < -0.4 is 10.6 Å². The quantitative estimate of drug-likeness (QED) is 0.610. The van der Waals surface area contributed by atoms with Crippen LogP contribution in [0.15, 0.2) is 48.7 Å². The van der Waals surface area contributed by atoms with Gasteiger partial charge in [-0.05, 0) is 31.0 Å². The van der Waals surface area contributed by atoms with Gasteiger partial charge in [0.15, 0.2) is 0 Å². The lowest BCUT2D eigenvalue weighted by Crippen LogP contribution is -2.42. The summed E-state index contributed by atoms with van der Waals surface area (Å²) in [6.07, 6.45) is 3.14. The predicted octanol–water partition coefficient (Wildman–Crippen LogP) is 2.50. The summed E-state index contributed by atoms with van der Waals surface area (Å²) in [6.45, 7) is 1.84. The maximum atomic E-state index is 12.1. The summed E-state index contributed by atoms with van der Waals surface area (Å²) in [6, 6.07) is 12.5. The first-order chi connectivity index (χ1) is 12.6. The first-order valence-corrected chi connectivity index (χ1v) is 8.55. The minimum atomic E-state index is -0.432. The minimum Gasteiger partial charge on any atom is -0.362 e. The van der Waals surface area contributed by atoms with E-state index >= 15 is 0 Å². The van der Waals surface area contributed by atoms with Crippen LogP contribution in [-0.4, -0.2) is 46.4 Å². The molecule has 8 heteroatoms. The Labute approximate surface area is 151 Å². The molecule has 0 aliphatic carbocycles. The lowest BCUT2D eigenvalue weighted by Gasteiger charge is -2.32. The number of hydrogen-bond acceptors (Lipinski definition) is 6. The second kappa shape index (κ2) is 8.39. The van der Waals surface area contributed by atoms with Crippen molar-refractivity contribution in [1.82, 2.24) is 9.88 Å². The summed E-state index contributed by atoms with van der Waals surface area (Å²) in [5, 5.41) is 17.1. The number of nitro groups is 1. The Kier molecular flexibility index (Phi) is 5.75. The summed E-state index contributed by atoms with van der Waals surface area (Å²) >= 11 is 0. The van der Waals surface area contributed by atoms with Gasteiger partial charge in [0.1, 0.15) is 0 Å². The normalized spacial score (nSPS) is 15.4. The van der Waals surface area contributed by atoms with Gasteiger partial charge in [0.25, 0.3) is 0 Å². The third-order valence-electron chi connectivity index (χ3n) is 4.34. The van der Waals surface area contributed by atoms with Gasteiger partial charge in [-0.3, -0.25) is 19.8 Å². The SMILES string of the molecule is O=C(CN1CCC(Nc2ncccc2[N+](=O)[O-])CC1)Nc1ccccc1. The minimum absolute atomic E-state index is 0.0165. The Morgan fingerprint density at radius 1 is 1.19 bits per heavy atom. The maximum Gasteiger partial charge on any atom is 0.311 e. The second-order valence-electron chi connectivity index (χ2n) is 6.24. The van der Waals surface area contributed by atoms with Gasteiger partial charge in [-0.1, -0.05) is 18.2 Å². The van der Waals surface area contributed by atoms with Crippen LogP contribution in [0.4, 0.5) is 17.2 Å². The first kappa shape index (κ1) is 17.8. The van der Waals surface area contributed by atoms with Crippen LogP contribution in [0.3, 0.4) is 0 Å². The number of benzene rings is 1. The van der Waals surface area contributed by atoms with Gasteiger partial charge < -0.3 is 10.6 Å². The van der Waals surface area contributed by atoms with E-state index in [1.54, 1.807) is 12.3 Å². The van der Waals surface area contributed by atoms with Crippen molar-refractivity contribution in [2.24, 2.45) is 0 Å². The van der Waals surface area contributed by atoms with Crippen LogP contribution in [-0.2, 0) is 4.79 Å². The highest BCUT2D eigenvalue weighted by atomic mass is 16.6. The third kappa shape index (κ3) is 4.76. The molecule has 1 fully saturated rings. The molecule has 2 aromatic rings. The molecule has 3 rings (SSSR count). The highest BCUT2D eigenvalue weighted by Crippen LogP contribution is 2.23. The van der Waals surface area contributed by atoms with Crippen molar-refractivity contribution in [3.05, 3.63) is 58.8 Å². The summed E-state index contributed by atoms with van der Waals surface area (Å²) < 4.78 is 0. The number of nitrogens with zero attached hydrogens (tertiary/aromatic N) is 3. The van der Waals surface area contributed by atoms with E-state index in [4.69, 9.17) is 0 Å². The van der Waals surface area contributed by atoms with Crippen LogP contribution >= 0.6 is 0 Å². The average molecular weight is 355 g/mol. The molecule has 1 aliphatic heterocycles. The summed E-state index contributed by atoms with van der Waals surface area (Å²) in [4.78, 5) is 28.9. The van der Waals surface area contributed by atoms with E-state index in [0.29, 0.717) is 12.4 Å². The lowest BCUT2D eigenvalue weighted by molar-refractivity contribution is -0.384. The van der Waals surface area contributed by atoms with Crippen molar-refractivity contribution in [3.8, 4) is 0 Å². The van der Waals surface area contributed by atoms with Crippen LogP contribution in [0, 0.1) is 10.1 Å². The predicted molar refractivity (Wildman–Crippen MR) is 99.0 cm³/mol. The number of carbonyl (C=O) groups is 1. The molecule has 8 nitrogen and oxygen atoms in total. The fourth-order valence-electron chi connectivity index (χ4n) is 3.01. The number of anilines is 2. The molecule has 0 spiro atoms. The van der Waals surface area contributed by atoms with Crippen LogP contribution in [0.1, 0.15) is 12.8 Å². The second-order valence-corrected chi connectivity index (χ2v) is 6.24. The number of para-hydroxylation sites is 1. The van der Waals surface area contributed by atoms with E-state index in [-0.39, 0.29) is 17.6 Å². The molecule has 2 heterocycles. The number of likely N-dealkylation sites (tertiary alicyclic amines) is 1. The maximum absolute atomic E-state index is 12.1. The van der Waals surface area contributed by atoms with Crippen molar-refractivity contribution in [3.63, 3.8) is 0 Å². The molecule has 2 N–H and O–H groups in total. The van der Waals surface area contributed by atoms with Crippen molar-refractivity contribution < 1.29 is 9.72 Å². The van der Waals surface area contributed by atoms with E-state index in [1.807, 2.05) is 30.3 Å². The highest BCUT2D eigenvalue weighted by molar-refractivity contribution is 5.92. The van der Waals surface area contributed by atoms with Gasteiger partial charge in [-0.25, -0.2) is 4.98 Å². The largest absolute Gasteiger partial charge is 0.362 e. The van der Waals surface area contributed by atoms with E-state index in [2.05, 4.69) is 20.5 Å². The fourth-order valence-corrected chi connectivity index (χ4v) is 3.01. The molecule has 26 heavy (non-hydrogen) atoms. The zero-order valence-corrected chi connectivity index (χ0v) is 14.3. The molecule has 0 bridgehead atoms. The molecule has 0 radical (unpaired) electrons. The van der Waals surface area contributed by atoms with Crippen molar-refractivity contribution in [2.45, 2.75) is 18.9 Å². The van der Waals surface area contributed by atoms with Gasteiger partial charge in [-0.15, -0.1) is 0 Å². The summed E-state index contributed by atoms with van der Waals surface area (Å²) in [7, 11) is 0. The Morgan fingerprint density at radius 3 is 2.62 bits per heavy atom. The van der Waals surface area contributed by atoms with Gasteiger partial charge >= 0.3 is 5.69 Å². The standard InChI is InChI=1S/C18H21N5O3/c24-17(20-14-5-2-1-3-6-14)13-22-11-8-15(9-12-22)21-18-16(23(25)26)7-4-10-19-18/h1-7,10,15H,8-9,11-13H2,(H,19,21)(H,20,24). The molecule has 1 saturated heterocycles. The number of aromatic nitrogens is 1. The van der Waals surface area contributed by atoms with Crippen LogP contribution in [0.2, 0.25) is 0 Å². The Bertz CT molecular complexity index is 760. The van der Waals surface area contributed by atoms with Gasteiger partial charge in [0.05, 0.1) is 11.5 Å². The molecule has 0 atom stereocenters. The topological polar surface area (TPSA) is 100 Å². The lowest BCUT2D eigenvalue weighted by atomic mass is 10.0. The number of pyridine rings is 1. The van der Waals surface area contributed by atoms with E-state index in [1.165, 1.54) is 6.07 Å². The first-order valence-electron chi connectivity index (χ1n) is 8.55. The molecular weight excluding hydrogens is 334 g/mol. The molecule has 0 unspecified atom stereocenters. The van der Waals surface area contributed by atoms with Gasteiger partial charge in [0, 0.05) is 37.1 Å². The fraction of sp³-hybridized carbons (Fsp3) is 0.333. The molecule has 0 saturated carbocycles. The van der Waals surface area contributed by atoms with E-state index in [0.717, 1.165) is 31.6 Å². The van der Waals surface area contributed by atoms with Crippen molar-refractivity contribution in [2.75, 3.05) is 30.3 Å². The number of rotatable bonds is 6. The summed E-state index contributed by atoms with van der Waals surface area (Å²) in [5.74, 6) is 0.265. The van der Waals surface area contributed by atoms with E-state index in [9.17, 15) is 14.9 Å². The number of hydrogen-bond donors (Lipinski definition) is 2. The molecule has 1 aromatic carbocycles. The number of amides is 1. The average Bonchev–Trinajstić information content (AvgIpc) is 2.64. The third-order valence-corrected chi connectivity index (χ3v) is 4.34. The van der Waals surface area contributed by atoms with Gasteiger partial charge in [-0.2, -0.15) is 0 Å². The molecule has 136 valence electrons. The highest BCUT2D eigenvalue weighted by Gasteiger charge is 2.23. The molecule has 1 aromatic heterocycles. The summed E-state index contributed by atoms with van der Waals surface area (Å²) in [5.41, 5.74) is 0.772. The number of piperidine rings is 1. The van der Waals surface area contributed by atoms with E-state index < -0.39 is 4.92 Å². The Balaban J connectivity index is 1.47. The van der Waals surface area contributed by atoms with Crippen molar-refractivity contribution >= 4 is 23.1 Å². The Morgan fingerprint density at radius 2 is 1.92 bits per heavy atom. The molecule has 1 amide bonds. The smallest absolute Gasteiger partial charge is 0.311 e. The monoisotopic (exact) mass is 355 g/mol. The number of nitrogens with one attached hydrogen (secondary N) is 2. The molecular formula is C18H21N5O3. The van der Waals surface area contributed by atoms with Gasteiger partial charge in [0.2, 0.25) is 11.7 Å². The number of carbonyl (C=O) groups excluding carboxylic acids is 1. The van der Waals surface area contributed by atoms with Crippen LogP contribution in [0.25, 0.3) is 0 Å². The Hall–Kier alpha value is -3.00. The zero-order chi connectivity index (χ0) is 18.4.